The molecule has 0 spiro atoms. The summed E-state index contributed by atoms with van der Waals surface area (Å²) < 4.78 is 0. The van der Waals surface area contributed by atoms with Gasteiger partial charge >= 0.3 is 0 Å². The van der Waals surface area contributed by atoms with Gasteiger partial charge in [-0.05, 0) is 48.3 Å². The van der Waals surface area contributed by atoms with Gasteiger partial charge in [-0.15, -0.1) is 0 Å². The summed E-state index contributed by atoms with van der Waals surface area (Å²) in [6.45, 7) is 6.26. The summed E-state index contributed by atoms with van der Waals surface area (Å²) >= 11 is 0. The van der Waals surface area contributed by atoms with Gasteiger partial charge in [0.05, 0.1) is 11.5 Å². The Kier molecular flexibility index (Phi) is 2.36. The average molecular weight is 252 g/mol. The minimum atomic E-state index is -0.631. The summed E-state index contributed by atoms with van der Waals surface area (Å²) in [5.41, 5.74) is -0.429. The van der Waals surface area contributed by atoms with Crippen LogP contribution in [0.25, 0.3) is 0 Å². The van der Waals surface area contributed by atoms with Crippen LogP contribution in [0.2, 0.25) is 0 Å². The predicted octanol–water partition coefficient (Wildman–Crippen LogP) is 1.76. The first-order valence-corrected chi connectivity index (χ1v) is 7.11. The molecule has 3 heteroatoms. The molecule has 0 radical (unpaired) electrons. The van der Waals surface area contributed by atoms with Gasteiger partial charge in [-0.2, -0.15) is 0 Å². The molecule has 0 heterocycles. The molecule has 0 bridgehead atoms. The highest BCUT2D eigenvalue weighted by Gasteiger charge is 2.75. The van der Waals surface area contributed by atoms with E-state index in [2.05, 4.69) is 20.8 Å². The van der Waals surface area contributed by atoms with Crippen LogP contribution in [0.4, 0.5) is 0 Å². The molecule has 0 aromatic carbocycles. The molecule has 3 saturated carbocycles. The third-order valence-electron chi connectivity index (χ3n) is 6.51. The maximum atomic E-state index is 12.2. The van der Waals surface area contributed by atoms with Gasteiger partial charge in [0.2, 0.25) is 0 Å². The van der Waals surface area contributed by atoms with Crippen molar-refractivity contribution in [3.63, 3.8) is 0 Å². The van der Waals surface area contributed by atoms with Crippen molar-refractivity contribution >= 4 is 5.78 Å². The van der Waals surface area contributed by atoms with Crippen molar-refractivity contribution in [2.75, 3.05) is 6.61 Å². The third kappa shape index (κ3) is 1.16. The maximum Gasteiger partial charge on any atom is 0.167 e. The lowest BCUT2D eigenvalue weighted by atomic mass is 9.47. The van der Waals surface area contributed by atoms with Crippen LogP contribution in [0.3, 0.4) is 0 Å². The van der Waals surface area contributed by atoms with Crippen LogP contribution in [0.15, 0.2) is 0 Å². The molecule has 3 rings (SSSR count). The highest BCUT2D eigenvalue weighted by molar-refractivity contribution is 5.89. The molecule has 0 saturated heterocycles. The number of carbonyl (C=O) groups is 1. The Bertz CT molecular complexity index is 403. The van der Waals surface area contributed by atoms with E-state index in [1.807, 2.05) is 0 Å². The topological polar surface area (TPSA) is 57.5 Å². The van der Waals surface area contributed by atoms with Gasteiger partial charge in [0.1, 0.15) is 6.61 Å². The smallest absolute Gasteiger partial charge is 0.167 e. The fourth-order valence-corrected chi connectivity index (χ4v) is 5.56. The molecule has 3 aliphatic rings. The monoisotopic (exact) mass is 252 g/mol. The number of aliphatic hydroxyl groups is 2. The highest BCUT2D eigenvalue weighted by Crippen LogP contribution is 2.75. The molecule has 2 N–H and O–H groups in total. The van der Waals surface area contributed by atoms with E-state index in [1.54, 1.807) is 0 Å². The van der Waals surface area contributed by atoms with Gasteiger partial charge in [-0.3, -0.25) is 4.79 Å². The van der Waals surface area contributed by atoms with E-state index in [1.165, 1.54) is 0 Å². The minimum Gasteiger partial charge on any atom is -0.392 e. The molecule has 3 fully saturated rings. The van der Waals surface area contributed by atoms with E-state index in [-0.39, 0.29) is 22.5 Å². The zero-order chi connectivity index (χ0) is 13.3. The normalized spacial score (nSPS) is 52.6. The van der Waals surface area contributed by atoms with Crippen molar-refractivity contribution < 1.29 is 15.0 Å². The Morgan fingerprint density at radius 3 is 2.39 bits per heavy atom. The van der Waals surface area contributed by atoms with Crippen LogP contribution < -0.4 is 0 Å². The van der Waals surface area contributed by atoms with Gasteiger partial charge < -0.3 is 10.2 Å². The van der Waals surface area contributed by atoms with Crippen LogP contribution in [-0.2, 0) is 4.79 Å². The van der Waals surface area contributed by atoms with Crippen LogP contribution in [0.5, 0.6) is 0 Å². The second-order valence-corrected chi connectivity index (χ2v) is 7.76. The van der Waals surface area contributed by atoms with Crippen molar-refractivity contribution in [1.29, 1.82) is 0 Å². The number of aliphatic hydroxyl groups excluding tert-OH is 2. The molecule has 3 nitrogen and oxygen atoms in total. The molecular formula is C15H24O3. The predicted molar refractivity (Wildman–Crippen MR) is 67.9 cm³/mol. The van der Waals surface area contributed by atoms with Crippen molar-refractivity contribution in [1.82, 2.24) is 0 Å². The molecule has 0 aromatic rings. The summed E-state index contributed by atoms with van der Waals surface area (Å²) in [6, 6.07) is 0. The summed E-state index contributed by atoms with van der Waals surface area (Å²) in [4.78, 5) is 12.2. The Labute approximate surface area is 109 Å². The Hall–Kier alpha value is -0.410. The van der Waals surface area contributed by atoms with Crippen molar-refractivity contribution in [2.45, 2.75) is 52.6 Å². The van der Waals surface area contributed by atoms with E-state index >= 15 is 0 Å². The molecule has 0 aliphatic heterocycles. The standard InChI is InChI=1S/C15H24O3/c1-13(2)6-9-10(7-13)14(3)4-5-15(14,12(9)18)11(17)8-16/h9-10,12,16,18H,4-8H2,1-3H3/t9-,10+,12+,14-,15-/m1/s1. The summed E-state index contributed by atoms with van der Waals surface area (Å²) in [5.74, 6) is 0.575. The minimum absolute atomic E-state index is 0.0787. The molecule has 102 valence electrons. The Morgan fingerprint density at radius 1 is 1.22 bits per heavy atom. The fraction of sp³-hybridized carbons (Fsp3) is 0.933. The van der Waals surface area contributed by atoms with E-state index in [0.29, 0.717) is 5.92 Å². The second kappa shape index (κ2) is 3.37. The molecule has 18 heavy (non-hydrogen) atoms. The van der Waals surface area contributed by atoms with Crippen LogP contribution in [0.1, 0.15) is 46.5 Å². The molecule has 0 aromatic heterocycles. The first-order chi connectivity index (χ1) is 8.28. The number of rotatable bonds is 2. The first-order valence-electron chi connectivity index (χ1n) is 7.11. The second-order valence-electron chi connectivity index (χ2n) is 7.76. The van der Waals surface area contributed by atoms with Crippen LogP contribution in [-0.4, -0.2) is 28.7 Å². The summed E-state index contributed by atoms with van der Waals surface area (Å²) in [5, 5.41) is 20.0. The number of Topliss-reactive ketones (excluding diaryl/α,β-unsaturated/α-hetero) is 1. The highest BCUT2D eigenvalue weighted by atomic mass is 16.3. The quantitative estimate of drug-likeness (QED) is 0.787. The van der Waals surface area contributed by atoms with Crippen LogP contribution >= 0.6 is 0 Å². The number of carbonyl (C=O) groups excluding carboxylic acids is 1. The SMILES string of the molecule is CC1(C)C[C@@H]2[C@H](C1)[C@@]1(C)CC[C@@]1(C(=O)CO)[C@H]2O. The zero-order valence-corrected chi connectivity index (χ0v) is 11.6. The lowest BCUT2D eigenvalue weighted by Crippen LogP contribution is -2.59. The summed E-state index contributed by atoms with van der Waals surface area (Å²) in [7, 11) is 0. The fourth-order valence-electron chi connectivity index (χ4n) is 5.56. The Balaban J connectivity index is 2.01. The van der Waals surface area contributed by atoms with E-state index in [0.717, 1.165) is 25.7 Å². The van der Waals surface area contributed by atoms with Crippen LogP contribution in [0, 0.1) is 28.1 Å². The van der Waals surface area contributed by atoms with Gasteiger partial charge in [-0.1, -0.05) is 20.8 Å². The third-order valence-corrected chi connectivity index (χ3v) is 6.51. The molecule has 5 atom stereocenters. The van der Waals surface area contributed by atoms with E-state index in [4.69, 9.17) is 0 Å². The molecule has 3 aliphatic carbocycles. The van der Waals surface area contributed by atoms with Gasteiger partial charge in [-0.25, -0.2) is 0 Å². The number of ketones is 1. The lowest BCUT2D eigenvalue weighted by molar-refractivity contribution is -0.168. The molecule has 0 unspecified atom stereocenters. The zero-order valence-electron chi connectivity index (χ0n) is 11.6. The van der Waals surface area contributed by atoms with Crippen molar-refractivity contribution in [3.05, 3.63) is 0 Å². The Morgan fingerprint density at radius 2 is 1.89 bits per heavy atom. The number of hydrogen-bond donors (Lipinski definition) is 2. The maximum absolute atomic E-state index is 12.2. The van der Waals surface area contributed by atoms with Crippen molar-refractivity contribution in [3.8, 4) is 0 Å². The van der Waals surface area contributed by atoms with Crippen molar-refractivity contribution in [2.24, 2.45) is 28.1 Å². The number of fused-ring (bicyclic) bond motifs is 3. The van der Waals surface area contributed by atoms with Gasteiger partial charge in [0, 0.05) is 0 Å². The van der Waals surface area contributed by atoms with E-state index < -0.39 is 18.1 Å². The van der Waals surface area contributed by atoms with Gasteiger partial charge in [0.15, 0.2) is 5.78 Å². The molecule has 0 amide bonds. The number of hydrogen-bond acceptors (Lipinski definition) is 3. The first kappa shape index (κ1) is 12.6. The average Bonchev–Trinajstić information content (AvgIpc) is 2.66. The lowest BCUT2D eigenvalue weighted by Gasteiger charge is -2.56. The molecular weight excluding hydrogens is 228 g/mol. The van der Waals surface area contributed by atoms with Gasteiger partial charge in [0.25, 0.3) is 0 Å². The van der Waals surface area contributed by atoms with E-state index in [9.17, 15) is 15.0 Å². The largest absolute Gasteiger partial charge is 0.392 e. The summed E-state index contributed by atoms with van der Waals surface area (Å²) in [6.07, 6.45) is 3.35.